The van der Waals surface area contributed by atoms with Gasteiger partial charge in [0, 0.05) is 5.02 Å². The van der Waals surface area contributed by atoms with E-state index in [0.29, 0.717) is 5.92 Å². The molecule has 0 amide bonds. The maximum Gasteiger partial charge on any atom is 0.0440 e. The molecule has 0 spiro atoms. The lowest BCUT2D eigenvalue weighted by atomic mass is 10.1. The van der Waals surface area contributed by atoms with Crippen LogP contribution in [0.1, 0.15) is 17.9 Å². The summed E-state index contributed by atoms with van der Waals surface area (Å²) in [5.74, 6) is 1.49. The summed E-state index contributed by atoms with van der Waals surface area (Å²) < 4.78 is 0. The highest BCUT2D eigenvalue weighted by Crippen LogP contribution is 2.48. The van der Waals surface area contributed by atoms with Gasteiger partial charge in [0.05, 0.1) is 0 Å². The lowest BCUT2D eigenvalue weighted by Gasteiger charge is -2.02. The van der Waals surface area contributed by atoms with Gasteiger partial charge in [-0.3, -0.25) is 0 Å². The van der Waals surface area contributed by atoms with Crippen molar-refractivity contribution in [2.75, 3.05) is 13.6 Å². The zero-order chi connectivity index (χ0) is 9.26. The van der Waals surface area contributed by atoms with Crippen molar-refractivity contribution in [2.24, 2.45) is 5.92 Å². The Kier molecular flexibility index (Phi) is 2.56. The third-order valence-electron chi connectivity index (χ3n) is 2.69. The molecule has 0 radical (unpaired) electrons. The second-order valence-corrected chi connectivity index (χ2v) is 4.09. The van der Waals surface area contributed by atoms with Crippen LogP contribution in [-0.4, -0.2) is 13.6 Å². The van der Waals surface area contributed by atoms with Crippen LogP contribution in [0.2, 0.25) is 5.02 Å². The van der Waals surface area contributed by atoms with Crippen LogP contribution in [0.15, 0.2) is 24.3 Å². The molecule has 0 saturated heterocycles. The van der Waals surface area contributed by atoms with Crippen molar-refractivity contribution in [3.05, 3.63) is 34.9 Å². The Morgan fingerprint density at radius 3 is 2.92 bits per heavy atom. The SMILES string of the molecule is CNCC1CC1c1ccccc1Cl. The zero-order valence-electron chi connectivity index (χ0n) is 7.76. The predicted molar refractivity (Wildman–Crippen MR) is 56.2 cm³/mol. The molecule has 0 bridgehead atoms. The van der Waals surface area contributed by atoms with Crippen molar-refractivity contribution in [1.29, 1.82) is 0 Å². The van der Waals surface area contributed by atoms with E-state index in [0.717, 1.165) is 17.5 Å². The fourth-order valence-electron chi connectivity index (χ4n) is 1.89. The number of hydrogen-bond acceptors (Lipinski definition) is 1. The molecule has 1 N–H and O–H groups in total. The first-order valence-corrected chi connectivity index (χ1v) is 5.09. The molecule has 2 atom stereocenters. The maximum atomic E-state index is 6.10. The molecule has 70 valence electrons. The highest BCUT2D eigenvalue weighted by Gasteiger charge is 2.38. The summed E-state index contributed by atoms with van der Waals surface area (Å²) in [6.45, 7) is 1.11. The molecule has 1 aliphatic carbocycles. The monoisotopic (exact) mass is 195 g/mol. The second-order valence-electron chi connectivity index (χ2n) is 3.68. The molecule has 1 aromatic carbocycles. The fraction of sp³-hybridized carbons (Fsp3) is 0.455. The molecule has 1 saturated carbocycles. The molecule has 2 rings (SSSR count). The van der Waals surface area contributed by atoms with Gasteiger partial charge < -0.3 is 5.32 Å². The molecule has 1 fully saturated rings. The molecule has 1 aliphatic rings. The summed E-state index contributed by atoms with van der Waals surface area (Å²) in [5, 5.41) is 4.13. The highest BCUT2D eigenvalue weighted by molar-refractivity contribution is 6.31. The minimum atomic E-state index is 0.696. The first-order chi connectivity index (χ1) is 6.33. The topological polar surface area (TPSA) is 12.0 Å². The lowest BCUT2D eigenvalue weighted by molar-refractivity contribution is 0.698. The number of benzene rings is 1. The fourth-order valence-corrected chi connectivity index (χ4v) is 2.17. The van der Waals surface area contributed by atoms with Gasteiger partial charge in [0.2, 0.25) is 0 Å². The van der Waals surface area contributed by atoms with Gasteiger partial charge in [0.1, 0.15) is 0 Å². The Morgan fingerprint density at radius 1 is 1.46 bits per heavy atom. The molecular formula is C11H14ClN. The van der Waals surface area contributed by atoms with Crippen LogP contribution >= 0.6 is 11.6 Å². The lowest BCUT2D eigenvalue weighted by Crippen LogP contribution is -2.10. The van der Waals surface area contributed by atoms with E-state index in [9.17, 15) is 0 Å². The van der Waals surface area contributed by atoms with Gasteiger partial charge in [0.15, 0.2) is 0 Å². The number of rotatable bonds is 3. The van der Waals surface area contributed by atoms with Gasteiger partial charge in [-0.25, -0.2) is 0 Å². The van der Waals surface area contributed by atoms with E-state index < -0.39 is 0 Å². The van der Waals surface area contributed by atoms with Crippen LogP contribution in [0, 0.1) is 5.92 Å². The number of hydrogen-bond donors (Lipinski definition) is 1. The third-order valence-corrected chi connectivity index (χ3v) is 3.04. The summed E-state index contributed by atoms with van der Waals surface area (Å²) in [4.78, 5) is 0. The minimum absolute atomic E-state index is 0.696. The van der Waals surface area contributed by atoms with Gasteiger partial charge >= 0.3 is 0 Å². The van der Waals surface area contributed by atoms with E-state index in [1.807, 2.05) is 19.2 Å². The van der Waals surface area contributed by atoms with E-state index in [-0.39, 0.29) is 0 Å². The molecule has 1 nitrogen and oxygen atoms in total. The van der Waals surface area contributed by atoms with Crippen molar-refractivity contribution in [3.8, 4) is 0 Å². The summed E-state index contributed by atoms with van der Waals surface area (Å²) in [5.41, 5.74) is 1.32. The van der Waals surface area contributed by atoms with E-state index in [1.165, 1.54) is 12.0 Å². The van der Waals surface area contributed by atoms with Gasteiger partial charge in [-0.1, -0.05) is 29.8 Å². The number of nitrogens with one attached hydrogen (secondary N) is 1. The largest absolute Gasteiger partial charge is 0.319 e. The Balaban J connectivity index is 2.07. The van der Waals surface area contributed by atoms with E-state index in [4.69, 9.17) is 11.6 Å². The van der Waals surface area contributed by atoms with Gasteiger partial charge in [-0.15, -0.1) is 0 Å². The Morgan fingerprint density at radius 2 is 2.23 bits per heavy atom. The average Bonchev–Trinajstić information content (AvgIpc) is 2.86. The van der Waals surface area contributed by atoms with Crippen molar-refractivity contribution < 1.29 is 0 Å². The minimum Gasteiger partial charge on any atom is -0.319 e. The molecular weight excluding hydrogens is 182 g/mol. The van der Waals surface area contributed by atoms with Gasteiger partial charge in [0.25, 0.3) is 0 Å². The molecule has 0 aromatic heterocycles. The van der Waals surface area contributed by atoms with Crippen LogP contribution in [-0.2, 0) is 0 Å². The predicted octanol–water partition coefficient (Wildman–Crippen LogP) is 2.66. The summed E-state index contributed by atoms with van der Waals surface area (Å²) in [7, 11) is 2.00. The van der Waals surface area contributed by atoms with Crippen molar-refractivity contribution >= 4 is 11.6 Å². The first-order valence-electron chi connectivity index (χ1n) is 4.72. The first kappa shape index (κ1) is 9.04. The van der Waals surface area contributed by atoms with Crippen LogP contribution in [0.25, 0.3) is 0 Å². The van der Waals surface area contributed by atoms with Crippen LogP contribution in [0.5, 0.6) is 0 Å². The summed E-state index contributed by atoms with van der Waals surface area (Å²) in [6, 6.07) is 8.17. The van der Waals surface area contributed by atoms with Crippen molar-refractivity contribution in [3.63, 3.8) is 0 Å². The van der Waals surface area contributed by atoms with Crippen LogP contribution in [0.4, 0.5) is 0 Å². The maximum absolute atomic E-state index is 6.10. The van der Waals surface area contributed by atoms with Gasteiger partial charge in [-0.2, -0.15) is 0 Å². The third kappa shape index (κ3) is 1.87. The van der Waals surface area contributed by atoms with Gasteiger partial charge in [-0.05, 0) is 43.5 Å². The molecule has 0 heterocycles. The number of halogens is 1. The van der Waals surface area contributed by atoms with E-state index in [1.54, 1.807) is 0 Å². The molecule has 1 aromatic rings. The normalized spacial score (nSPS) is 26.0. The molecule has 2 heteroatoms. The van der Waals surface area contributed by atoms with E-state index >= 15 is 0 Å². The van der Waals surface area contributed by atoms with Crippen molar-refractivity contribution in [1.82, 2.24) is 5.32 Å². The molecule has 13 heavy (non-hydrogen) atoms. The average molecular weight is 196 g/mol. The Bertz CT molecular complexity index is 298. The van der Waals surface area contributed by atoms with E-state index in [2.05, 4.69) is 17.4 Å². The molecule has 0 aliphatic heterocycles. The standard InChI is InChI=1S/C11H14ClN/c1-13-7-8-6-10(8)9-4-2-3-5-11(9)12/h2-5,8,10,13H,6-7H2,1H3. The zero-order valence-corrected chi connectivity index (χ0v) is 8.51. The summed E-state index contributed by atoms with van der Waals surface area (Å²) in [6.07, 6.45) is 1.28. The Labute approximate surface area is 84.1 Å². The van der Waals surface area contributed by atoms with Crippen LogP contribution < -0.4 is 5.32 Å². The highest BCUT2D eigenvalue weighted by atomic mass is 35.5. The summed E-state index contributed by atoms with van der Waals surface area (Å²) >= 11 is 6.10. The van der Waals surface area contributed by atoms with Crippen LogP contribution in [0.3, 0.4) is 0 Å². The smallest absolute Gasteiger partial charge is 0.0440 e. The second kappa shape index (κ2) is 3.69. The molecule has 2 unspecified atom stereocenters. The van der Waals surface area contributed by atoms with Crippen molar-refractivity contribution in [2.45, 2.75) is 12.3 Å². The Hall–Kier alpha value is -0.530. The quantitative estimate of drug-likeness (QED) is 0.782.